The zero-order chi connectivity index (χ0) is 12.4. The van der Waals surface area contributed by atoms with Gasteiger partial charge in [-0.15, -0.1) is 0 Å². The third kappa shape index (κ3) is 2.20. The van der Waals surface area contributed by atoms with Crippen LogP contribution in [0.5, 0.6) is 0 Å². The van der Waals surface area contributed by atoms with Gasteiger partial charge in [0.25, 0.3) is 0 Å². The Morgan fingerprint density at radius 3 is 2.59 bits per heavy atom. The van der Waals surface area contributed by atoms with Crippen molar-refractivity contribution in [3.8, 4) is 11.1 Å². The third-order valence-electron chi connectivity index (χ3n) is 2.19. The first kappa shape index (κ1) is 11.0. The second kappa shape index (κ2) is 4.17. The molecule has 2 aromatic rings. The van der Waals surface area contributed by atoms with E-state index in [-0.39, 0.29) is 11.4 Å². The summed E-state index contributed by atoms with van der Waals surface area (Å²) in [6, 6.07) is 2.58. The quantitative estimate of drug-likeness (QED) is 0.821. The van der Waals surface area contributed by atoms with Gasteiger partial charge in [0.15, 0.2) is 0 Å². The number of carboxylic acid groups (broad SMARTS) is 1. The lowest BCUT2D eigenvalue weighted by Gasteiger charge is -2.04. The van der Waals surface area contributed by atoms with E-state index in [1.54, 1.807) is 0 Å². The Balaban J connectivity index is 2.54. The molecule has 0 amide bonds. The Labute approximate surface area is 95.8 Å². The van der Waals surface area contributed by atoms with Crippen LogP contribution in [-0.2, 0) is 0 Å². The molecule has 0 aliphatic heterocycles. The van der Waals surface area contributed by atoms with Crippen LogP contribution in [0.3, 0.4) is 0 Å². The van der Waals surface area contributed by atoms with E-state index in [1.165, 1.54) is 24.5 Å². The molecular weight excluding hydrogens is 225 g/mol. The summed E-state index contributed by atoms with van der Waals surface area (Å²) < 4.78 is 13.0. The van der Waals surface area contributed by atoms with Crippen LogP contribution < -0.4 is 5.73 Å². The molecule has 6 heteroatoms. The summed E-state index contributed by atoms with van der Waals surface area (Å²) in [6.45, 7) is 0. The number of pyridine rings is 2. The number of hydrogen-bond acceptors (Lipinski definition) is 4. The van der Waals surface area contributed by atoms with Gasteiger partial charge in [0.1, 0.15) is 17.2 Å². The van der Waals surface area contributed by atoms with E-state index < -0.39 is 11.8 Å². The molecule has 0 aliphatic rings. The van der Waals surface area contributed by atoms with E-state index in [4.69, 9.17) is 10.8 Å². The van der Waals surface area contributed by atoms with E-state index in [2.05, 4.69) is 9.97 Å². The number of halogens is 1. The molecule has 5 nitrogen and oxygen atoms in total. The minimum absolute atomic E-state index is 0.0781. The predicted molar refractivity (Wildman–Crippen MR) is 58.8 cm³/mol. The van der Waals surface area contributed by atoms with Crippen molar-refractivity contribution in [2.24, 2.45) is 0 Å². The minimum Gasteiger partial charge on any atom is -0.478 e. The van der Waals surface area contributed by atoms with Gasteiger partial charge < -0.3 is 10.8 Å². The highest BCUT2D eigenvalue weighted by Gasteiger charge is 2.11. The maximum Gasteiger partial charge on any atom is 0.339 e. The highest BCUT2D eigenvalue weighted by Crippen LogP contribution is 2.21. The number of hydrogen-bond donors (Lipinski definition) is 2. The predicted octanol–water partition coefficient (Wildman–Crippen LogP) is 1.56. The molecule has 17 heavy (non-hydrogen) atoms. The molecule has 0 unspecified atom stereocenters. The summed E-state index contributed by atoms with van der Waals surface area (Å²) in [7, 11) is 0. The molecule has 0 spiro atoms. The van der Waals surface area contributed by atoms with Gasteiger partial charge in [0.05, 0.1) is 6.20 Å². The van der Waals surface area contributed by atoms with Gasteiger partial charge in [-0.1, -0.05) is 0 Å². The van der Waals surface area contributed by atoms with E-state index in [0.29, 0.717) is 11.1 Å². The van der Waals surface area contributed by atoms with Gasteiger partial charge in [-0.25, -0.2) is 14.2 Å². The summed E-state index contributed by atoms with van der Waals surface area (Å²) in [5.41, 5.74) is 6.19. The second-order valence-corrected chi connectivity index (χ2v) is 3.35. The van der Waals surface area contributed by atoms with Gasteiger partial charge >= 0.3 is 5.97 Å². The Morgan fingerprint density at radius 1 is 1.24 bits per heavy atom. The molecule has 2 aromatic heterocycles. The zero-order valence-electron chi connectivity index (χ0n) is 8.59. The number of rotatable bonds is 2. The molecule has 0 saturated carbocycles. The van der Waals surface area contributed by atoms with Crippen LogP contribution in [0, 0.1) is 5.82 Å². The molecule has 0 fully saturated rings. The first-order valence-electron chi connectivity index (χ1n) is 4.67. The Kier molecular flexibility index (Phi) is 2.70. The number of anilines is 1. The summed E-state index contributed by atoms with van der Waals surface area (Å²) in [5.74, 6) is -1.76. The average molecular weight is 233 g/mol. The lowest BCUT2D eigenvalue weighted by molar-refractivity contribution is 0.0697. The highest BCUT2D eigenvalue weighted by atomic mass is 19.1. The van der Waals surface area contributed by atoms with E-state index >= 15 is 0 Å². The number of carboxylic acids is 1. The van der Waals surface area contributed by atoms with Gasteiger partial charge in [0, 0.05) is 23.5 Å². The summed E-state index contributed by atoms with van der Waals surface area (Å²) in [6.07, 6.45) is 3.85. The van der Waals surface area contributed by atoms with Crippen LogP contribution in [0.25, 0.3) is 11.1 Å². The zero-order valence-corrected chi connectivity index (χ0v) is 8.59. The number of aromatic carboxylic acids is 1. The molecule has 0 radical (unpaired) electrons. The first-order valence-corrected chi connectivity index (χ1v) is 4.67. The van der Waals surface area contributed by atoms with E-state index in [1.807, 2.05) is 0 Å². The fourth-order valence-electron chi connectivity index (χ4n) is 1.37. The van der Waals surface area contributed by atoms with Crippen LogP contribution in [-0.4, -0.2) is 21.0 Å². The second-order valence-electron chi connectivity index (χ2n) is 3.35. The molecule has 0 atom stereocenters. The van der Waals surface area contributed by atoms with E-state index in [9.17, 15) is 9.18 Å². The molecule has 2 heterocycles. The highest BCUT2D eigenvalue weighted by molar-refractivity contribution is 5.94. The van der Waals surface area contributed by atoms with Crippen LogP contribution in [0.4, 0.5) is 10.2 Å². The monoisotopic (exact) mass is 233 g/mol. The lowest BCUT2D eigenvalue weighted by Crippen LogP contribution is -2.04. The Hall–Kier alpha value is -2.50. The van der Waals surface area contributed by atoms with Crippen molar-refractivity contribution in [2.45, 2.75) is 0 Å². The molecule has 0 aliphatic carbocycles. The fraction of sp³-hybridized carbons (Fsp3) is 0. The maximum atomic E-state index is 13.0. The van der Waals surface area contributed by atoms with Gasteiger partial charge in [-0.3, -0.25) is 4.98 Å². The molecular formula is C11H8FN3O2. The van der Waals surface area contributed by atoms with Crippen molar-refractivity contribution in [3.05, 3.63) is 42.1 Å². The largest absolute Gasteiger partial charge is 0.478 e. The van der Waals surface area contributed by atoms with Crippen LogP contribution in [0.2, 0.25) is 0 Å². The standard InChI is InChI=1S/C11H8FN3O2/c12-8-1-6(3-14-5-8)7-2-9(11(16)17)10(13)15-4-7/h1-5H,(H2,13,15)(H,16,17). The van der Waals surface area contributed by atoms with Crippen LogP contribution in [0.15, 0.2) is 30.7 Å². The van der Waals surface area contributed by atoms with Crippen molar-refractivity contribution in [1.29, 1.82) is 0 Å². The third-order valence-corrected chi connectivity index (χ3v) is 2.19. The molecule has 0 bridgehead atoms. The average Bonchev–Trinajstić information content (AvgIpc) is 2.29. The van der Waals surface area contributed by atoms with Crippen LogP contribution in [0.1, 0.15) is 10.4 Å². The number of nitrogens with zero attached hydrogens (tertiary/aromatic N) is 2. The molecule has 86 valence electrons. The van der Waals surface area contributed by atoms with Gasteiger partial charge in [0.2, 0.25) is 0 Å². The number of aromatic nitrogens is 2. The van der Waals surface area contributed by atoms with E-state index in [0.717, 1.165) is 6.20 Å². The van der Waals surface area contributed by atoms with Gasteiger partial charge in [-0.05, 0) is 12.1 Å². The maximum absolute atomic E-state index is 13.0. The number of nitrogens with two attached hydrogens (primary N) is 1. The van der Waals surface area contributed by atoms with Crippen molar-refractivity contribution in [2.75, 3.05) is 5.73 Å². The fourth-order valence-corrected chi connectivity index (χ4v) is 1.37. The molecule has 3 N–H and O–H groups in total. The summed E-state index contributed by atoms with van der Waals surface area (Å²) in [5, 5.41) is 8.88. The van der Waals surface area contributed by atoms with Crippen LogP contribution >= 0.6 is 0 Å². The first-order chi connectivity index (χ1) is 8.08. The lowest BCUT2D eigenvalue weighted by atomic mass is 10.1. The smallest absolute Gasteiger partial charge is 0.339 e. The number of carbonyl (C=O) groups is 1. The number of nitrogen functional groups attached to an aromatic ring is 1. The minimum atomic E-state index is -1.18. The summed E-state index contributed by atoms with van der Waals surface area (Å²) in [4.78, 5) is 18.3. The van der Waals surface area contributed by atoms with Crippen molar-refractivity contribution in [3.63, 3.8) is 0 Å². The Bertz CT molecular complexity index is 587. The van der Waals surface area contributed by atoms with Crippen molar-refractivity contribution in [1.82, 2.24) is 9.97 Å². The molecule has 0 saturated heterocycles. The van der Waals surface area contributed by atoms with Gasteiger partial charge in [-0.2, -0.15) is 0 Å². The normalized spacial score (nSPS) is 10.2. The molecule has 2 rings (SSSR count). The summed E-state index contributed by atoms with van der Waals surface area (Å²) >= 11 is 0. The van der Waals surface area contributed by atoms with Crippen molar-refractivity contribution < 1.29 is 14.3 Å². The van der Waals surface area contributed by atoms with Crippen molar-refractivity contribution >= 4 is 11.8 Å². The Morgan fingerprint density at radius 2 is 1.94 bits per heavy atom. The molecule has 0 aromatic carbocycles. The topological polar surface area (TPSA) is 89.1 Å². The SMILES string of the molecule is Nc1ncc(-c2cncc(F)c2)cc1C(=O)O.